The highest BCUT2D eigenvalue weighted by Gasteiger charge is 2.02. The second kappa shape index (κ2) is 5.04. The Morgan fingerprint density at radius 1 is 1.40 bits per heavy atom. The van der Waals surface area contributed by atoms with Crippen molar-refractivity contribution in [2.75, 3.05) is 0 Å². The molecule has 0 aliphatic rings. The van der Waals surface area contributed by atoms with Gasteiger partial charge in [-0.25, -0.2) is 4.98 Å². The predicted molar refractivity (Wildman–Crippen MR) is 58.5 cm³/mol. The molecule has 1 N–H and O–H groups in total. The van der Waals surface area contributed by atoms with Crippen LogP contribution in [0.3, 0.4) is 0 Å². The first-order valence-electron chi connectivity index (χ1n) is 4.90. The summed E-state index contributed by atoms with van der Waals surface area (Å²) in [7, 11) is 0. The first-order valence-corrected chi connectivity index (χ1v) is 5.85. The van der Waals surface area contributed by atoms with Crippen LogP contribution in [0.15, 0.2) is 21.5 Å². The molecule has 0 bridgehead atoms. The second-order valence-electron chi connectivity index (χ2n) is 3.22. The fourth-order valence-corrected chi connectivity index (χ4v) is 1.80. The monoisotopic (exact) mass is 223 g/mol. The third-order valence-electron chi connectivity index (χ3n) is 2.06. The van der Waals surface area contributed by atoms with Crippen molar-refractivity contribution < 1.29 is 4.52 Å². The standard InChI is InChI=1S/C10H13N3OS/c1-2-8-3-10(14-13-8)5-11-4-9-6-15-7-12-9/h3,6-7,11H,2,4-5H2,1H3. The lowest BCUT2D eigenvalue weighted by Gasteiger charge is -1.97. The maximum Gasteiger partial charge on any atom is 0.150 e. The molecule has 0 aromatic carbocycles. The van der Waals surface area contributed by atoms with E-state index < -0.39 is 0 Å². The molecular formula is C10H13N3OS. The van der Waals surface area contributed by atoms with Gasteiger partial charge < -0.3 is 9.84 Å². The van der Waals surface area contributed by atoms with E-state index in [9.17, 15) is 0 Å². The van der Waals surface area contributed by atoms with E-state index in [0.29, 0.717) is 6.54 Å². The van der Waals surface area contributed by atoms with Crippen molar-refractivity contribution in [2.45, 2.75) is 26.4 Å². The van der Waals surface area contributed by atoms with E-state index in [1.54, 1.807) is 11.3 Å². The number of hydrogen-bond donors (Lipinski definition) is 1. The van der Waals surface area contributed by atoms with Gasteiger partial charge in [0, 0.05) is 18.0 Å². The maximum atomic E-state index is 5.14. The molecule has 2 rings (SSSR count). The zero-order valence-corrected chi connectivity index (χ0v) is 9.38. The van der Waals surface area contributed by atoms with Crippen LogP contribution in [0.1, 0.15) is 24.1 Å². The lowest BCUT2D eigenvalue weighted by atomic mass is 10.3. The molecule has 0 atom stereocenters. The third kappa shape index (κ3) is 2.87. The molecule has 0 saturated heterocycles. The highest BCUT2D eigenvalue weighted by atomic mass is 32.1. The van der Waals surface area contributed by atoms with Crippen LogP contribution >= 0.6 is 11.3 Å². The fourth-order valence-electron chi connectivity index (χ4n) is 1.24. The number of hydrogen-bond acceptors (Lipinski definition) is 5. The Labute approximate surface area is 92.3 Å². The van der Waals surface area contributed by atoms with Gasteiger partial charge in [-0.05, 0) is 6.42 Å². The minimum Gasteiger partial charge on any atom is -0.360 e. The smallest absolute Gasteiger partial charge is 0.150 e. The molecule has 2 aromatic heterocycles. The van der Waals surface area contributed by atoms with E-state index in [2.05, 4.69) is 22.4 Å². The number of rotatable bonds is 5. The molecule has 0 saturated carbocycles. The number of thiazole rings is 1. The SMILES string of the molecule is CCc1cc(CNCc2cscn2)on1. The Morgan fingerprint density at radius 3 is 3.00 bits per heavy atom. The molecule has 0 aliphatic heterocycles. The van der Waals surface area contributed by atoms with Gasteiger partial charge in [-0.1, -0.05) is 12.1 Å². The fraction of sp³-hybridized carbons (Fsp3) is 0.400. The van der Waals surface area contributed by atoms with Crippen molar-refractivity contribution in [1.82, 2.24) is 15.5 Å². The molecule has 0 aliphatic carbocycles. The summed E-state index contributed by atoms with van der Waals surface area (Å²) in [4.78, 5) is 4.18. The van der Waals surface area contributed by atoms with Crippen LogP contribution in [0.4, 0.5) is 0 Å². The van der Waals surface area contributed by atoms with E-state index in [1.165, 1.54) is 0 Å². The van der Waals surface area contributed by atoms with E-state index in [0.717, 1.165) is 30.1 Å². The minimum absolute atomic E-state index is 0.699. The molecule has 0 spiro atoms. The molecule has 15 heavy (non-hydrogen) atoms. The van der Waals surface area contributed by atoms with E-state index in [4.69, 9.17) is 4.52 Å². The van der Waals surface area contributed by atoms with Gasteiger partial charge in [0.25, 0.3) is 0 Å². The summed E-state index contributed by atoms with van der Waals surface area (Å²) < 4.78 is 5.14. The Balaban J connectivity index is 1.78. The van der Waals surface area contributed by atoms with E-state index >= 15 is 0 Å². The summed E-state index contributed by atoms with van der Waals surface area (Å²) in [6.07, 6.45) is 0.912. The molecule has 5 heteroatoms. The second-order valence-corrected chi connectivity index (χ2v) is 3.94. The lowest BCUT2D eigenvalue weighted by Crippen LogP contribution is -2.12. The molecule has 0 amide bonds. The molecule has 4 nitrogen and oxygen atoms in total. The van der Waals surface area contributed by atoms with Gasteiger partial charge in [-0.3, -0.25) is 0 Å². The van der Waals surface area contributed by atoms with Crippen LogP contribution in [0.2, 0.25) is 0 Å². The molecule has 0 radical (unpaired) electrons. The number of aromatic nitrogens is 2. The summed E-state index contributed by atoms with van der Waals surface area (Å²) in [5, 5.41) is 9.21. The predicted octanol–water partition coefficient (Wildman–Crippen LogP) is 1.98. The summed E-state index contributed by atoms with van der Waals surface area (Å²) in [6, 6.07) is 1.98. The van der Waals surface area contributed by atoms with Crippen molar-refractivity contribution >= 4 is 11.3 Å². The molecule has 2 heterocycles. The van der Waals surface area contributed by atoms with Crippen LogP contribution in [0.25, 0.3) is 0 Å². The lowest BCUT2D eigenvalue weighted by molar-refractivity contribution is 0.367. The topological polar surface area (TPSA) is 51.0 Å². The van der Waals surface area contributed by atoms with Gasteiger partial charge in [-0.15, -0.1) is 11.3 Å². The van der Waals surface area contributed by atoms with Crippen LogP contribution in [-0.2, 0) is 19.5 Å². The average Bonchev–Trinajstić information content (AvgIpc) is 2.88. The van der Waals surface area contributed by atoms with Crippen molar-refractivity contribution in [3.63, 3.8) is 0 Å². The zero-order valence-electron chi connectivity index (χ0n) is 8.56. The summed E-state index contributed by atoms with van der Waals surface area (Å²) in [5.74, 6) is 0.877. The first-order chi connectivity index (χ1) is 7.38. The third-order valence-corrected chi connectivity index (χ3v) is 2.69. The number of aryl methyl sites for hydroxylation is 1. The first kappa shape index (κ1) is 10.3. The average molecular weight is 223 g/mol. The Morgan fingerprint density at radius 2 is 2.33 bits per heavy atom. The van der Waals surface area contributed by atoms with Gasteiger partial charge in [0.15, 0.2) is 5.76 Å². The molecule has 0 unspecified atom stereocenters. The number of nitrogens with zero attached hydrogens (tertiary/aromatic N) is 2. The molecule has 80 valence electrons. The minimum atomic E-state index is 0.699. The van der Waals surface area contributed by atoms with Crippen molar-refractivity contribution in [1.29, 1.82) is 0 Å². The van der Waals surface area contributed by atoms with Gasteiger partial charge in [0.05, 0.1) is 23.4 Å². The van der Waals surface area contributed by atoms with Crippen LogP contribution < -0.4 is 5.32 Å². The summed E-state index contributed by atoms with van der Waals surface area (Å²) in [6.45, 7) is 3.53. The van der Waals surface area contributed by atoms with E-state index in [-0.39, 0.29) is 0 Å². The molecule has 0 fully saturated rings. The quantitative estimate of drug-likeness (QED) is 0.842. The largest absolute Gasteiger partial charge is 0.360 e. The van der Waals surface area contributed by atoms with Crippen molar-refractivity contribution in [3.8, 4) is 0 Å². The summed E-state index contributed by atoms with van der Waals surface area (Å²) >= 11 is 1.61. The van der Waals surface area contributed by atoms with Crippen LogP contribution in [0.5, 0.6) is 0 Å². The van der Waals surface area contributed by atoms with Crippen LogP contribution in [0, 0.1) is 0 Å². The van der Waals surface area contributed by atoms with Crippen LogP contribution in [-0.4, -0.2) is 10.1 Å². The Kier molecular flexibility index (Phi) is 3.47. The molecule has 2 aromatic rings. The van der Waals surface area contributed by atoms with Gasteiger partial charge >= 0.3 is 0 Å². The maximum absolute atomic E-state index is 5.14. The molecular weight excluding hydrogens is 210 g/mol. The van der Waals surface area contributed by atoms with E-state index in [1.807, 2.05) is 17.0 Å². The van der Waals surface area contributed by atoms with Crippen molar-refractivity contribution in [2.24, 2.45) is 0 Å². The van der Waals surface area contributed by atoms with Gasteiger partial charge in [0.1, 0.15) is 0 Å². The Hall–Kier alpha value is -1.20. The summed E-state index contributed by atoms with van der Waals surface area (Å²) in [5.41, 5.74) is 3.90. The Bertz CT molecular complexity index is 396. The highest BCUT2D eigenvalue weighted by Crippen LogP contribution is 2.04. The van der Waals surface area contributed by atoms with Gasteiger partial charge in [-0.2, -0.15) is 0 Å². The van der Waals surface area contributed by atoms with Crippen molar-refractivity contribution in [3.05, 3.63) is 34.1 Å². The zero-order chi connectivity index (χ0) is 10.5. The number of nitrogens with one attached hydrogen (secondary N) is 1. The highest BCUT2D eigenvalue weighted by molar-refractivity contribution is 7.07. The normalized spacial score (nSPS) is 10.7. The van der Waals surface area contributed by atoms with Gasteiger partial charge in [0.2, 0.25) is 0 Å².